The topological polar surface area (TPSA) is 62.7 Å². The maximum atomic E-state index is 13.3. The van der Waals surface area contributed by atoms with E-state index in [4.69, 9.17) is 16.3 Å². The van der Waals surface area contributed by atoms with Gasteiger partial charge in [-0.15, -0.1) is 0 Å². The summed E-state index contributed by atoms with van der Waals surface area (Å²) in [5, 5.41) is 0.473. The Balaban J connectivity index is 1.56. The highest BCUT2D eigenvalue weighted by molar-refractivity contribution is 6.30. The first-order valence-corrected chi connectivity index (χ1v) is 11.4. The fraction of sp³-hybridized carbons (Fsp3) is 0.458. The van der Waals surface area contributed by atoms with E-state index in [1.54, 1.807) is 17.0 Å². The molecule has 2 aliphatic rings. The molecule has 1 unspecified atom stereocenters. The van der Waals surface area contributed by atoms with Crippen LogP contribution >= 0.6 is 11.6 Å². The van der Waals surface area contributed by atoms with Crippen molar-refractivity contribution < 1.29 is 14.3 Å². The lowest BCUT2D eigenvalue weighted by Crippen LogP contribution is -2.49. The van der Waals surface area contributed by atoms with E-state index in [2.05, 4.69) is 17.1 Å². The lowest BCUT2D eigenvalue weighted by molar-refractivity contribution is -0.135. The highest BCUT2D eigenvalue weighted by atomic mass is 35.5. The molecule has 0 saturated carbocycles. The maximum absolute atomic E-state index is 13.3. The van der Waals surface area contributed by atoms with Crippen LogP contribution in [0.2, 0.25) is 5.02 Å². The van der Waals surface area contributed by atoms with E-state index in [-0.39, 0.29) is 24.4 Å². The van der Waals surface area contributed by atoms with Crippen molar-refractivity contribution in [3.63, 3.8) is 0 Å². The molecule has 2 bridgehead atoms. The van der Waals surface area contributed by atoms with E-state index in [9.17, 15) is 9.59 Å². The zero-order valence-electron chi connectivity index (χ0n) is 17.6. The summed E-state index contributed by atoms with van der Waals surface area (Å²) in [5.74, 6) is 0.606. The Morgan fingerprint density at radius 2 is 2.00 bits per heavy atom. The number of hydrogen-bond acceptors (Lipinski definition) is 4. The largest absolute Gasteiger partial charge is 0.494 e. The van der Waals surface area contributed by atoms with Crippen LogP contribution in [0.5, 0.6) is 5.75 Å². The summed E-state index contributed by atoms with van der Waals surface area (Å²) >= 11 is 5.91. The summed E-state index contributed by atoms with van der Waals surface area (Å²) in [5.41, 5.74) is 1.53. The Bertz CT molecular complexity index is 919. The molecular formula is C24H28ClN3O3. The number of carbonyl (C=O) groups excluding carboxylic acids is 2. The van der Waals surface area contributed by atoms with Gasteiger partial charge in [0.2, 0.25) is 5.91 Å². The van der Waals surface area contributed by atoms with Gasteiger partial charge in [0.1, 0.15) is 18.0 Å². The minimum atomic E-state index is -0.257. The van der Waals surface area contributed by atoms with Crippen LogP contribution in [0.1, 0.15) is 48.2 Å². The second-order valence-corrected chi connectivity index (χ2v) is 8.65. The number of pyridine rings is 1. The molecular weight excluding hydrogens is 414 g/mol. The first-order chi connectivity index (χ1) is 15.1. The Morgan fingerprint density at radius 3 is 2.84 bits per heavy atom. The number of aryl methyl sites for hydroxylation is 1. The van der Waals surface area contributed by atoms with Crippen molar-refractivity contribution in [2.45, 2.75) is 44.6 Å². The van der Waals surface area contributed by atoms with Gasteiger partial charge in [0.15, 0.2) is 0 Å². The molecule has 3 heterocycles. The Hall–Kier alpha value is -2.60. The van der Waals surface area contributed by atoms with Crippen molar-refractivity contribution in [3.05, 3.63) is 58.9 Å². The van der Waals surface area contributed by atoms with Crippen molar-refractivity contribution in [2.24, 2.45) is 0 Å². The summed E-state index contributed by atoms with van der Waals surface area (Å²) in [6, 6.07) is 11.6. The molecule has 31 heavy (non-hydrogen) atoms. The van der Waals surface area contributed by atoms with Crippen molar-refractivity contribution >= 4 is 23.4 Å². The van der Waals surface area contributed by atoms with Crippen LogP contribution in [0.25, 0.3) is 0 Å². The molecule has 1 aromatic carbocycles. The van der Waals surface area contributed by atoms with E-state index in [1.807, 2.05) is 17.0 Å². The van der Waals surface area contributed by atoms with Gasteiger partial charge in [-0.1, -0.05) is 23.7 Å². The van der Waals surface area contributed by atoms with Crippen molar-refractivity contribution in [2.75, 3.05) is 26.2 Å². The zero-order chi connectivity index (χ0) is 21.6. The summed E-state index contributed by atoms with van der Waals surface area (Å²) in [7, 11) is 0. The fourth-order valence-electron chi connectivity index (χ4n) is 4.37. The summed E-state index contributed by atoms with van der Waals surface area (Å²) in [6.45, 7) is 1.72. The van der Waals surface area contributed by atoms with E-state index < -0.39 is 0 Å². The third-order valence-electron chi connectivity index (χ3n) is 6.01. The van der Waals surface area contributed by atoms with E-state index in [0.717, 1.165) is 44.4 Å². The molecule has 2 aromatic rings. The first kappa shape index (κ1) is 21.6. The van der Waals surface area contributed by atoms with Crippen LogP contribution in [-0.2, 0) is 11.2 Å². The van der Waals surface area contributed by atoms with Gasteiger partial charge in [-0.3, -0.25) is 9.59 Å². The number of fused-ring (bicyclic) bond motifs is 3. The van der Waals surface area contributed by atoms with Gasteiger partial charge >= 0.3 is 0 Å². The van der Waals surface area contributed by atoms with Crippen LogP contribution in [0.3, 0.4) is 0 Å². The average molecular weight is 442 g/mol. The molecule has 0 N–H and O–H groups in total. The second-order valence-electron chi connectivity index (χ2n) is 8.21. The number of ether oxygens (including phenoxy) is 1. The molecule has 1 saturated heterocycles. The first-order valence-electron chi connectivity index (χ1n) is 11.0. The quantitative estimate of drug-likeness (QED) is 0.671. The summed E-state index contributed by atoms with van der Waals surface area (Å²) < 4.78 is 5.91. The van der Waals surface area contributed by atoms with Crippen molar-refractivity contribution in [1.29, 1.82) is 0 Å². The SMILES string of the molecule is O=C(c1ccc(Cl)cn1)N1CCCOc2cccc(c2)CCC2CCCCN2C(=O)C1. The molecule has 4 rings (SSSR count). The number of rotatable bonds is 1. The second kappa shape index (κ2) is 10.1. The van der Waals surface area contributed by atoms with Gasteiger partial charge in [0.05, 0.1) is 11.6 Å². The summed E-state index contributed by atoms with van der Waals surface area (Å²) in [4.78, 5) is 34.1. The highest BCUT2D eigenvalue weighted by Gasteiger charge is 2.29. The van der Waals surface area contributed by atoms with Crippen molar-refractivity contribution in [3.8, 4) is 5.75 Å². The number of aromatic nitrogens is 1. The van der Waals surface area contributed by atoms with Crippen LogP contribution in [0.15, 0.2) is 42.6 Å². The van der Waals surface area contributed by atoms with Crippen LogP contribution in [0, 0.1) is 0 Å². The molecule has 1 aromatic heterocycles. The number of benzene rings is 1. The van der Waals surface area contributed by atoms with Gasteiger partial charge in [-0.25, -0.2) is 4.98 Å². The third kappa shape index (κ3) is 5.56. The van der Waals surface area contributed by atoms with Gasteiger partial charge in [0, 0.05) is 25.3 Å². The predicted molar refractivity (Wildman–Crippen MR) is 119 cm³/mol. The smallest absolute Gasteiger partial charge is 0.272 e. The number of hydrogen-bond donors (Lipinski definition) is 0. The number of nitrogens with zero attached hydrogens (tertiary/aromatic N) is 3. The van der Waals surface area contributed by atoms with E-state index in [1.165, 1.54) is 11.8 Å². The zero-order valence-corrected chi connectivity index (χ0v) is 18.4. The van der Waals surface area contributed by atoms with Gasteiger partial charge in [-0.2, -0.15) is 0 Å². The molecule has 1 atom stereocenters. The molecule has 2 amide bonds. The molecule has 164 valence electrons. The average Bonchev–Trinajstić information content (AvgIpc) is 2.79. The van der Waals surface area contributed by atoms with Gasteiger partial charge in [0.25, 0.3) is 5.91 Å². The lowest BCUT2D eigenvalue weighted by atomic mass is 9.95. The minimum Gasteiger partial charge on any atom is -0.494 e. The number of amides is 2. The molecule has 0 radical (unpaired) electrons. The fourth-order valence-corrected chi connectivity index (χ4v) is 4.48. The predicted octanol–water partition coefficient (Wildman–Crippen LogP) is 3.97. The lowest BCUT2D eigenvalue weighted by Gasteiger charge is -2.37. The van der Waals surface area contributed by atoms with Crippen LogP contribution < -0.4 is 4.74 Å². The van der Waals surface area contributed by atoms with E-state index in [0.29, 0.717) is 30.3 Å². The Labute approximate surface area is 188 Å². The van der Waals surface area contributed by atoms with E-state index >= 15 is 0 Å². The van der Waals surface area contributed by atoms with Crippen LogP contribution in [0.4, 0.5) is 0 Å². The molecule has 6 nitrogen and oxygen atoms in total. The number of halogens is 1. The maximum Gasteiger partial charge on any atom is 0.272 e. The molecule has 0 aliphatic carbocycles. The minimum absolute atomic E-state index is 0.0127. The molecule has 0 spiro atoms. The number of piperidine rings is 1. The van der Waals surface area contributed by atoms with Crippen molar-refractivity contribution in [1.82, 2.24) is 14.8 Å². The van der Waals surface area contributed by atoms with Gasteiger partial charge in [-0.05, 0) is 68.4 Å². The molecule has 7 heteroatoms. The summed E-state index contributed by atoms with van der Waals surface area (Å²) in [6.07, 6.45) is 7.06. The standard InChI is InChI=1S/C24H28ClN3O3/c25-19-9-11-22(26-16-19)24(30)27-12-4-14-31-21-7-3-5-18(15-21)8-10-20-6-1-2-13-28(20)23(29)17-27/h3,5,7,9,11,15-16,20H,1-2,4,6,8,10,12-14,17H2. The molecule has 1 fully saturated rings. The highest BCUT2D eigenvalue weighted by Crippen LogP contribution is 2.24. The monoisotopic (exact) mass is 441 g/mol. The molecule has 2 aliphatic heterocycles. The Kier molecular flexibility index (Phi) is 7.07. The van der Waals surface area contributed by atoms with Gasteiger partial charge < -0.3 is 14.5 Å². The van der Waals surface area contributed by atoms with Crippen LogP contribution in [-0.4, -0.2) is 58.9 Å². The Morgan fingerprint density at radius 1 is 1.10 bits per heavy atom. The number of carbonyl (C=O) groups is 2. The normalized spacial score (nSPS) is 20.4. The third-order valence-corrected chi connectivity index (χ3v) is 6.24.